The highest BCUT2D eigenvalue weighted by Gasteiger charge is 2.30. The molecule has 0 aliphatic heterocycles. The Kier molecular flexibility index (Phi) is 3.66. The Balaban J connectivity index is 1.68. The van der Waals surface area contributed by atoms with Crippen LogP contribution in [0, 0.1) is 19.8 Å². The van der Waals surface area contributed by atoms with Crippen LogP contribution in [-0.4, -0.2) is 16.8 Å². The molecule has 0 saturated heterocycles. The van der Waals surface area contributed by atoms with Gasteiger partial charge in [-0.2, -0.15) is 4.98 Å². The van der Waals surface area contributed by atoms with Gasteiger partial charge in [0.2, 0.25) is 5.91 Å². The summed E-state index contributed by atoms with van der Waals surface area (Å²) in [6, 6.07) is 5.74. The highest BCUT2D eigenvalue weighted by atomic mass is 16.4. The van der Waals surface area contributed by atoms with Crippen LogP contribution in [0.3, 0.4) is 0 Å². The second-order valence-corrected chi connectivity index (χ2v) is 5.50. The summed E-state index contributed by atoms with van der Waals surface area (Å²) in [4.78, 5) is 27.8. The SMILES string of the molecule is Cc1cccc(NC(=O)c2coc(NC(=O)C3CC3)n2)c1C. The number of hydrogen-bond donors (Lipinski definition) is 2. The lowest BCUT2D eigenvalue weighted by molar-refractivity contribution is -0.117. The van der Waals surface area contributed by atoms with E-state index < -0.39 is 0 Å². The number of nitrogens with one attached hydrogen (secondary N) is 2. The van der Waals surface area contributed by atoms with Crippen molar-refractivity contribution in [1.82, 2.24) is 4.98 Å². The van der Waals surface area contributed by atoms with E-state index in [0.717, 1.165) is 29.7 Å². The minimum absolute atomic E-state index is 0.0547. The number of oxazole rings is 1. The zero-order valence-corrected chi connectivity index (χ0v) is 12.5. The maximum atomic E-state index is 12.2. The third-order valence-electron chi connectivity index (χ3n) is 3.77. The zero-order chi connectivity index (χ0) is 15.7. The largest absolute Gasteiger partial charge is 0.431 e. The summed E-state index contributed by atoms with van der Waals surface area (Å²) >= 11 is 0. The number of aryl methyl sites for hydroxylation is 1. The first-order valence-corrected chi connectivity index (χ1v) is 7.18. The molecule has 0 bridgehead atoms. The summed E-state index contributed by atoms with van der Waals surface area (Å²) in [5.74, 6) is -0.424. The molecule has 1 saturated carbocycles. The van der Waals surface area contributed by atoms with Crippen LogP contribution < -0.4 is 10.6 Å². The number of nitrogens with zero attached hydrogens (tertiary/aromatic N) is 1. The van der Waals surface area contributed by atoms with Gasteiger partial charge in [0.15, 0.2) is 5.69 Å². The maximum absolute atomic E-state index is 12.2. The van der Waals surface area contributed by atoms with Crippen molar-refractivity contribution in [1.29, 1.82) is 0 Å². The number of carbonyl (C=O) groups is 2. The van der Waals surface area contributed by atoms with E-state index in [9.17, 15) is 9.59 Å². The molecule has 0 atom stereocenters. The van der Waals surface area contributed by atoms with Crippen LogP contribution >= 0.6 is 0 Å². The number of aromatic nitrogens is 1. The third-order valence-corrected chi connectivity index (χ3v) is 3.77. The molecule has 1 aliphatic rings. The van der Waals surface area contributed by atoms with E-state index in [1.807, 2.05) is 32.0 Å². The Bertz CT molecular complexity index is 732. The quantitative estimate of drug-likeness (QED) is 0.909. The second kappa shape index (κ2) is 5.63. The second-order valence-electron chi connectivity index (χ2n) is 5.50. The van der Waals surface area contributed by atoms with E-state index in [2.05, 4.69) is 15.6 Å². The maximum Gasteiger partial charge on any atom is 0.302 e. The van der Waals surface area contributed by atoms with Gasteiger partial charge in [-0.15, -0.1) is 0 Å². The molecule has 0 spiro atoms. The molecule has 1 aromatic carbocycles. The molecule has 114 valence electrons. The lowest BCUT2D eigenvalue weighted by atomic mass is 10.1. The fourth-order valence-electron chi connectivity index (χ4n) is 2.06. The third kappa shape index (κ3) is 3.00. The van der Waals surface area contributed by atoms with E-state index in [0.29, 0.717) is 0 Å². The molecule has 1 aliphatic carbocycles. The van der Waals surface area contributed by atoms with Crippen molar-refractivity contribution < 1.29 is 14.0 Å². The van der Waals surface area contributed by atoms with E-state index in [-0.39, 0.29) is 29.4 Å². The lowest BCUT2D eigenvalue weighted by Gasteiger charge is -2.08. The summed E-state index contributed by atoms with van der Waals surface area (Å²) in [5, 5.41) is 5.36. The summed E-state index contributed by atoms with van der Waals surface area (Å²) in [5.41, 5.74) is 2.96. The van der Waals surface area contributed by atoms with E-state index in [1.165, 1.54) is 6.26 Å². The number of rotatable bonds is 4. The molecule has 22 heavy (non-hydrogen) atoms. The Morgan fingerprint density at radius 1 is 1.23 bits per heavy atom. The predicted molar refractivity (Wildman–Crippen MR) is 81.7 cm³/mol. The Morgan fingerprint density at radius 2 is 2.00 bits per heavy atom. The number of benzene rings is 1. The van der Waals surface area contributed by atoms with Gasteiger partial charge >= 0.3 is 6.01 Å². The molecule has 3 rings (SSSR count). The smallest absolute Gasteiger partial charge is 0.302 e. The summed E-state index contributed by atoms with van der Waals surface area (Å²) in [6.07, 6.45) is 3.03. The van der Waals surface area contributed by atoms with Gasteiger partial charge in [0.05, 0.1) is 0 Å². The van der Waals surface area contributed by atoms with Crippen LogP contribution in [0.4, 0.5) is 11.7 Å². The summed E-state index contributed by atoms with van der Waals surface area (Å²) < 4.78 is 5.12. The minimum atomic E-state index is -0.371. The summed E-state index contributed by atoms with van der Waals surface area (Å²) in [6.45, 7) is 3.92. The number of hydrogen-bond acceptors (Lipinski definition) is 4. The van der Waals surface area contributed by atoms with Gasteiger partial charge in [0.25, 0.3) is 5.91 Å². The fourth-order valence-corrected chi connectivity index (χ4v) is 2.06. The molecule has 1 aromatic heterocycles. The molecule has 1 heterocycles. The number of carbonyl (C=O) groups excluding carboxylic acids is 2. The average Bonchev–Trinajstić information content (AvgIpc) is 3.24. The van der Waals surface area contributed by atoms with Crippen molar-refractivity contribution in [3.63, 3.8) is 0 Å². The number of amides is 2. The molecular formula is C16H17N3O3. The molecular weight excluding hydrogens is 282 g/mol. The Hall–Kier alpha value is -2.63. The van der Waals surface area contributed by atoms with E-state index >= 15 is 0 Å². The van der Waals surface area contributed by atoms with Crippen LogP contribution in [0.15, 0.2) is 28.9 Å². The van der Waals surface area contributed by atoms with E-state index in [1.54, 1.807) is 0 Å². The average molecular weight is 299 g/mol. The standard InChI is InChI=1S/C16H17N3O3/c1-9-4-3-5-12(10(9)2)17-15(21)13-8-22-16(18-13)19-14(20)11-6-7-11/h3-5,8,11H,6-7H2,1-2H3,(H,17,21)(H,18,19,20). The van der Waals surface area contributed by atoms with Crippen molar-refractivity contribution in [2.45, 2.75) is 26.7 Å². The molecule has 1 fully saturated rings. The first kappa shape index (κ1) is 14.3. The monoisotopic (exact) mass is 299 g/mol. The van der Waals surface area contributed by atoms with Crippen LogP contribution in [0.5, 0.6) is 0 Å². The van der Waals surface area contributed by atoms with Crippen molar-refractivity contribution in [2.24, 2.45) is 5.92 Å². The first-order chi connectivity index (χ1) is 10.5. The van der Waals surface area contributed by atoms with E-state index in [4.69, 9.17) is 4.42 Å². The minimum Gasteiger partial charge on any atom is -0.431 e. The van der Waals surface area contributed by atoms with Crippen LogP contribution in [0.2, 0.25) is 0 Å². The first-order valence-electron chi connectivity index (χ1n) is 7.18. The lowest BCUT2D eigenvalue weighted by Crippen LogP contribution is -2.15. The highest BCUT2D eigenvalue weighted by Crippen LogP contribution is 2.30. The Labute approximate surface area is 127 Å². The fraction of sp³-hybridized carbons (Fsp3) is 0.312. The topological polar surface area (TPSA) is 84.2 Å². The molecule has 2 N–H and O–H groups in total. The van der Waals surface area contributed by atoms with Crippen LogP contribution in [-0.2, 0) is 4.79 Å². The van der Waals surface area contributed by atoms with Gasteiger partial charge in [-0.1, -0.05) is 12.1 Å². The van der Waals surface area contributed by atoms with Crippen LogP contribution in [0.25, 0.3) is 0 Å². The van der Waals surface area contributed by atoms with Crippen molar-refractivity contribution in [2.75, 3.05) is 10.6 Å². The predicted octanol–water partition coefficient (Wildman–Crippen LogP) is 2.89. The normalized spacial score (nSPS) is 13.7. The highest BCUT2D eigenvalue weighted by molar-refractivity contribution is 6.03. The molecule has 0 radical (unpaired) electrons. The van der Waals surface area contributed by atoms with Crippen molar-refractivity contribution >= 4 is 23.5 Å². The molecule has 6 nitrogen and oxygen atoms in total. The van der Waals surface area contributed by atoms with Gasteiger partial charge in [-0.3, -0.25) is 14.9 Å². The zero-order valence-electron chi connectivity index (χ0n) is 12.5. The molecule has 6 heteroatoms. The molecule has 2 amide bonds. The van der Waals surface area contributed by atoms with Crippen molar-refractivity contribution in [3.8, 4) is 0 Å². The Morgan fingerprint density at radius 3 is 2.73 bits per heavy atom. The van der Waals surface area contributed by atoms with Gasteiger partial charge < -0.3 is 9.73 Å². The van der Waals surface area contributed by atoms with Gasteiger partial charge in [-0.05, 0) is 43.9 Å². The van der Waals surface area contributed by atoms with Crippen molar-refractivity contribution in [3.05, 3.63) is 41.3 Å². The number of anilines is 2. The van der Waals surface area contributed by atoms with Gasteiger partial charge in [0, 0.05) is 11.6 Å². The van der Waals surface area contributed by atoms with Crippen LogP contribution in [0.1, 0.15) is 34.5 Å². The molecule has 2 aromatic rings. The summed E-state index contributed by atoms with van der Waals surface area (Å²) in [7, 11) is 0. The molecule has 0 unspecified atom stereocenters. The van der Waals surface area contributed by atoms with Gasteiger partial charge in [0.1, 0.15) is 6.26 Å². The van der Waals surface area contributed by atoms with Gasteiger partial charge in [-0.25, -0.2) is 0 Å².